The number of nitrogen functional groups attached to an aromatic ring is 1. The van der Waals surface area contributed by atoms with Gasteiger partial charge in [0, 0.05) is 29.7 Å². The van der Waals surface area contributed by atoms with E-state index in [1.807, 2.05) is 0 Å². The number of carbonyl (C=O) groups is 1. The van der Waals surface area contributed by atoms with Gasteiger partial charge in [-0.1, -0.05) is 0 Å². The number of hydrogen-bond donors (Lipinski definition) is 2. The molecule has 0 radical (unpaired) electrons. The fourth-order valence-corrected chi connectivity index (χ4v) is 3.30. The first-order valence-electron chi connectivity index (χ1n) is 6.64. The van der Waals surface area contributed by atoms with E-state index in [0.29, 0.717) is 17.4 Å². The minimum atomic E-state index is -0.478. The van der Waals surface area contributed by atoms with Crippen molar-refractivity contribution in [2.45, 2.75) is 31.1 Å². The number of nitrogens with one attached hydrogen (secondary N) is 1. The average molecular weight is 298 g/mol. The van der Waals surface area contributed by atoms with Crippen LogP contribution >= 0.6 is 11.8 Å². The quantitative estimate of drug-likeness (QED) is 0.820. The summed E-state index contributed by atoms with van der Waals surface area (Å²) in [6.45, 7) is 2.87. The monoisotopic (exact) mass is 298 g/mol. The van der Waals surface area contributed by atoms with E-state index in [2.05, 4.69) is 12.2 Å². The Kier molecular flexibility index (Phi) is 5.25. The number of carbonyl (C=O) groups excluding carboxylic acids is 1. The highest BCUT2D eigenvalue weighted by Crippen LogP contribution is 2.26. The molecule has 1 aromatic rings. The van der Waals surface area contributed by atoms with Gasteiger partial charge in [0.15, 0.2) is 0 Å². The van der Waals surface area contributed by atoms with Crippen LogP contribution < -0.4 is 11.1 Å². The lowest BCUT2D eigenvalue weighted by molar-refractivity contribution is -0.115. The summed E-state index contributed by atoms with van der Waals surface area (Å²) in [5.74, 6) is 0.185. The van der Waals surface area contributed by atoms with Crippen molar-refractivity contribution in [3.05, 3.63) is 24.0 Å². The van der Waals surface area contributed by atoms with Gasteiger partial charge >= 0.3 is 0 Å². The maximum Gasteiger partial charge on any atom is 0.225 e. The number of amides is 1. The number of halogens is 1. The third-order valence-electron chi connectivity index (χ3n) is 3.25. The minimum Gasteiger partial charge on any atom is -0.396 e. The molecule has 6 heteroatoms. The van der Waals surface area contributed by atoms with Gasteiger partial charge in [-0.25, -0.2) is 4.39 Å². The Labute approximate surface area is 122 Å². The summed E-state index contributed by atoms with van der Waals surface area (Å²) in [6.07, 6.45) is 1.73. The number of thioether (sulfide) groups is 1. The van der Waals surface area contributed by atoms with Crippen molar-refractivity contribution < 1.29 is 13.9 Å². The Hall–Kier alpha value is -1.27. The molecule has 0 saturated carbocycles. The van der Waals surface area contributed by atoms with Gasteiger partial charge in [0.25, 0.3) is 0 Å². The van der Waals surface area contributed by atoms with Crippen molar-refractivity contribution in [2.75, 3.05) is 23.4 Å². The molecule has 1 aliphatic heterocycles. The lowest BCUT2D eigenvalue weighted by Crippen LogP contribution is -2.16. The van der Waals surface area contributed by atoms with Crippen LogP contribution in [0.1, 0.15) is 19.8 Å². The third-order valence-corrected chi connectivity index (χ3v) is 4.73. The maximum absolute atomic E-state index is 13.0. The number of ether oxygens (including phenoxy) is 1. The predicted molar refractivity (Wildman–Crippen MR) is 80.3 cm³/mol. The summed E-state index contributed by atoms with van der Waals surface area (Å²) in [7, 11) is 0. The SMILES string of the molecule is CC1OCCC1SCCC(=O)Nc1ccc(F)c(N)c1. The van der Waals surface area contributed by atoms with Gasteiger partial charge in [0.05, 0.1) is 11.8 Å². The van der Waals surface area contributed by atoms with Crippen LogP contribution in [-0.2, 0) is 9.53 Å². The average Bonchev–Trinajstić information content (AvgIpc) is 2.80. The fourth-order valence-electron chi connectivity index (χ4n) is 2.08. The van der Waals surface area contributed by atoms with E-state index in [9.17, 15) is 9.18 Å². The van der Waals surface area contributed by atoms with Crippen molar-refractivity contribution in [3.8, 4) is 0 Å². The summed E-state index contributed by atoms with van der Waals surface area (Å²) in [4.78, 5) is 11.8. The molecule has 1 aromatic carbocycles. The molecule has 0 spiro atoms. The highest BCUT2D eigenvalue weighted by Gasteiger charge is 2.24. The van der Waals surface area contributed by atoms with E-state index in [-0.39, 0.29) is 17.7 Å². The Morgan fingerprint density at radius 3 is 3.05 bits per heavy atom. The molecular weight excluding hydrogens is 279 g/mol. The van der Waals surface area contributed by atoms with Crippen LogP contribution in [-0.4, -0.2) is 29.6 Å². The molecule has 1 aliphatic rings. The Bertz CT molecular complexity index is 484. The van der Waals surface area contributed by atoms with Crippen LogP contribution in [0.4, 0.5) is 15.8 Å². The van der Waals surface area contributed by atoms with Crippen molar-refractivity contribution in [1.29, 1.82) is 0 Å². The minimum absolute atomic E-state index is 0.0362. The summed E-state index contributed by atoms with van der Waals surface area (Å²) in [5, 5.41) is 3.19. The first kappa shape index (κ1) is 15.1. The first-order valence-corrected chi connectivity index (χ1v) is 7.69. The summed E-state index contributed by atoms with van der Waals surface area (Å²) in [5.41, 5.74) is 6.01. The molecular formula is C14H19FN2O2S. The molecule has 3 N–H and O–H groups in total. The molecule has 0 bridgehead atoms. The highest BCUT2D eigenvalue weighted by molar-refractivity contribution is 7.99. The van der Waals surface area contributed by atoms with Crippen LogP contribution in [0.25, 0.3) is 0 Å². The molecule has 2 atom stereocenters. The molecule has 110 valence electrons. The summed E-state index contributed by atoms with van der Waals surface area (Å²) < 4.78 is 18.5. The van der Waals surface area contributed by atoms with Gasteiger partial charge < -0.3 is 15.8 Å². The van der Waals surface area contributed by atoms with Crippen molar-refractivity contribution in [3.63, 3.8) is 0 Å². The van der Waals surface area contributed by atoms with E-state index in [4.69, 9.17) is 10.5 Å². The number of hydrogen-bond acceptors (Lipinski definition) is 4. The molecule has 4 nitrogen and oxygen atoms in total. The van der Waals surface area contributed by atoms with Gasteiger partial charge in [0.2, 0.25) is 5.91 Å². The number of anilines is 2. The normalized spacial score (nSPS) is 21.9. The first-order chi connectivity index (χ1) is 9.56. The van der Waals surface area contributed by atoms with Crippen molar-refractivity contribution in [1.82, 2.24) is 0 Å². The largest absolute Gasteiger partial charge is 0.396 e. The highest BCUT2D eigenvalue weighted by atomic mass is 32.2. The molecule has 2 unspecified atom stereocenters. The zero-order valence-corrected chi connectivity index (χ0v) is 12.2. The standard InChI is InChI=1S/C14H19FN2O2S/c1-9-13(4-6-19-9)20-7-5-14(18)17-10-2-3-11(15)12(16)8-10/h2-3,8-9,13H,4-7,16H2,1H3,(H,17,18). The van der Waals surface area contributed by atoms with E-state index in [1.165, 1.54) is 18.2 Å². The van der Waals surface area contributed by atoms with Crippen molar-refractivity contribution >= 4 is 29.0 Å². The second kappa shape index (κ2) is 6.95. The van der Waals surface area contributed by atoms with Crippen LogP contribution in [0.5, 0.6) is 0 Å². The zero-order chi connectivity index (χ0) is 14.5. The van der Waals surface area contributed by atoms with Crippen LogP contribution in [0, 0.1) is 5.82 Å². The van der Waals surface area contributed by atoms with E-state index in [1.54, 1.807) is 11.8 Å². The van der Waals surface area contributed by atoms with Gasteiger partial charge in [-0.2, -0.15) is 11.8 Å². The third kappa shape index (κ3) is 4.11. The van der Waals surface area contributed by atoms with Gasteiger partial charge in [-0.15, -0.1) is 0 Å². The number of rotatable bonds is 5. The van der Waals surface area contributed by atoms with Gasteiger partial charge in [0.1, 0.15) is 5.82 Å². The van der Waals surface area contributed by atoms with E-state index >= 15 is 0 Å². The van der Waals surface area contributed by atoms with Gasteiger partial charge in [-0.05, 0) is 31.5 Å². The zero-order valence-electron chi connectivity index (χ0n) is 11.4. The number of nitrogens with two attached hydrogens (primary N) is 1. The second-order valence-electron chi connectivity index (χ2n) is 4.81. The Balaban J connectivity index is 1.73. The summed E-state index contributed by atoms with van der Waals surface area (Å²) in [6, 6.07) is 4.17. The predicted octanol–water partition coefficient (Wildman–Crippen LogP) is 2.65. The fraction of sp³-hybridized carbons (Fsp3) is 0.500. The molecule has 0 aliphatic carbocycles. The van der Waals surface area contributed by atoms with Crippen LogP contribution in [0.2, 0.25) is 0 Å². The van der Waals surface area contributed by atoms with E-state index in [0.717, 1.165) is 18.8 Å². The molecule has 2 rings (SSSR count). The topological polar surface area (TPSA) is 64.3 Å². The number of benzene rings is 1. The lowest BCUT2D eigenvalue weighted by Gasteiger charge is -2.13. The summed E-state index contributed by atoms with van der Waals surface area (Å²) >= 11 is 1.77. The van der Waals surface area contributed by atoms with E-state index < -0.39 is 5.82 Å². The van der Waals surface area contributed by atoms with Gasteiger partial charge in [-0.3, -0.25) is 4.79 Å². The molecule has 1 amide bonds. The Morgan fingerprint density at radius 1 is 1.60 bits per heavy atom. The smallest absolute Gasteiger partial charge is 0.225 e. The molecule has 1 heterocycles. The van der Waals surface area contributed by atoms with Crippen molar-refractivity contribution in [2.24, 2.45) is 0 Å². The van der Waals surface area contributed by atoms with Crippen LogP contribution in [0.15, 0.2) is 18.2 Å². The maximum atomic E-state index is 13.0. The Morgan fingerprint density at radius 2 is 2.40 bits per heavy atom. The molecule has 1 saturated heterocycles. The second-order valence-corrected chi connectivity index (χ2v) is 6.16. The van der Waals surface area contributed by atoms with Crippen LogP contribution in [0.3, 0.4) is 0 Å². The molecule has 1 fully saturated rings. The molecule has 20 heavy (non-hydrogen) atoms. The lowest BCUT2D eigenvalue weighted by atomic mass is 10.2. The molecule has 0 aromatic heterocycles.